The summed E-state index contributed by atoms with van der Waals surface area (Å²) in [6.07, 6.45) is 3.83. The van der Waals surface area contributed by atoms with E-state index in [2.05, 4.69) is 22.8 Å². The first kappa shape index (κ1) is 15.1. The molecule has 0 aliphatic carbocycles. The highest BCUT2D eigenvalue weighted by Gasteiger charge is 2.39. The lowest BCUT2D eigenvalue weighted by atomic mass is 9.97. The molecular formula is C18H19N3O3. The molecule has 3 aliphatic heterocycles. The minimum absolute atomic E-state index is 0.120. The van der Waals surface area contributed by atoms with Crippen molar-refractivity contribution in [2.24, 2.45) is 0 Å². The first-order chi connectivity index (χ1) is 11.6. The number of amides is 3. The summed E-state index contributed by atoms with van der Waals surface area (Å²) in [6, 6.07) is 5.36. The van der Waals surface area contributed by atoms with Crippen molar-refractivity contribution in [3.8, 4) is 0 Å². The zero-order chi connectivity index (χ0) is 16.7. The fourth-order valence-corrected chi connectivity index (χ4v) is 3.66. The van der Waals surface area contributed by atoms with Crippen LogP contribution < -0.4 is 10.6 Å². The summed E-state index contributed by atoms with van der Waals surface area (Å²) < 4.78 is 0. The predicted octanol–water partition coefficient (Wildman–Crippen LogP) is 0.824. The molecule has 124 valence electrons. The zero-order valence-corrected chi connectivity index (χ0v) is 13.3. The van der Waals surface area contributed by atoms with Crippen molar-refractivity contribution in [3.05, 3.63) is 41.0 Å². The van der Waals surface area contributed by atoms with Crippen molar-refractivity contribution in [2.45, 2.75) is 31.8 Å². The van der Waals surface area contributed by atoms with Gasteiger partial charge in [-0.1, -0.05) is 12.1 Å². The number of imide groups is 1. The molecule has 1 atom stereocenters. The summed E-state index contributed by atoms with van der Waals surface area (Å²) in [4.78, 5) is 37.6. The maximum atomic E-state index is 12.6. The van der Waals surface area contributed by atoms with Gasteiger partial charge in [0.05, 0.1) is 0 Å². The van der Waals surface area contributed by atoms with Gasteiger partial charge < -0.3 is 10.2 Å². The van der Waals surface area contributed by atoms with Crippen molar-refractivity contribution < 1.29 is 14.4 Å². The lowest BCUT2D eigenvalue weighted by molar-refractivity contribution is -0.136. The van der Waals surface area contributed by atoms with E-state index < -0.39 is 6.04 Å². The Balaban J connectivity index is 1.59. The first-order valence-electron chi connectivity index (χ1n) is 8.31. The largest absolute Gasteiger partial charge is 0.322 e. The van der Waals surface area contributed by atoms with Gasteiger partial charge in [0.2, 0.25) is 11.8 Å². The summed E-state index contributed by atoms with van der Waals surface area (Å²) in [5.41, 5.74) is 4.07. The van der Waals surface area contributed by atoms with E-state index in [9.17, 15) is 14.4 Å². The summed E-state index contributed by atoms with van der Waals surface area (Å²) in [7, 11) is 0. The SMILES string of the molecule is O=C1CCC(N2Cc3cc(C4=CCNCC4)ccc3C2=O)C(=O)N1. The topological polar surface area (TPSA) is 78.5 Å². The van der Waals surface area contributed by atoms with Gasteiger partial charge in [0, 0.05) is 25.1 Å². The fourth-order valence-electron chi connectivity index (χ4n) is 3.66. The molecule has 3 heterocycles. The number of benzene rings is 1. The second-order valence-corrected chi connectivity index (χ2v) is 6.46. The summed E-state index contributed by atoms with van der Waals surface area (Å²) in [5, 5.41) is 5.62. The van der Waals surface area contributed by atoms with Gasteiger partial charge >= 0.3 is 0 Å². The van der Waals surface area contributed by atoms with Crippen LogP contribution in [0.15, 0.2) is 24.3 Å². The number of hydrogen-bond acceptors (Lipinski definition) is 4. The molecule has 0 spiro atoms. The minimum Gasteiger partial charge on any atom is -0.322 e. The first-order valence-corrected chi connectivity index (χ1v) is 8.31. The summed E-state index contributed by atoms with van der Waals surface area (Å²) in [5.74, 6) is -0.750. The zero-order valence-electron chi connectivity index (χ0n) is 13.3. The van der Waals surface area contributed by atoms with Crippen molar-refractivity contribution in [1.82, 2.24) is 15.5 Å². The Morgan fingerprint density at radius 1 is 1.12 bits per heavy atom. The molecule has 3 amide bonds. The van der Waals surface area contributed by atoms with Crippen LogP contribution in [-0.4, -0.2) is 41.8 Å². The number of piperidine rings is 1. The van der Waals surface area contributed by atoms with Crippen LogP contribution in [0.1, 0.15) is 40.7 Å². The smallest absolute Gasteiger partial charge is 0.255 e. The maximum Gasteiger partial charge on any atom is 0.255 e. The van der Waals surface area contributed by atoms with Gasteiger partial charge in [0.25, 0.3) is 5.91 Å². The standard InChI is InChI=1S/C18H19N3O3/c22-16-4-3-15(17(23)20-16)21-10-13-9-12(1-2-14(13)18(21)24)11-5-7-19-8-6-11/h1-2,5,9,15,19H,3-4,6-8,10H2,(H,20,22,23). The molecule has 0 aromatic heterocycles. The van der Waals surface area contributed by atoms with E-state index >= 15 is 0 Å². The van der Waals surface area contributed by atoms with Gasteiger partial charge in [0.1, 0.15) is 6.04 Å². The maximum absolute atomic E-state index is 12.6. The number of hydrogen-bond donors (Lipinski definition) is 2. The second kappa shape index (κ2) is 5.87. The van der Waals surface area contributed by atoms with Crippen molar-refractivity contribution in [3.63, 3.8) is 0 Å². The Morgan fingerprint density at radius 3 is 2.75 bits per heavy atom. The molecule has 2 N–H and O–H groups in total. The van der Waals surface area contributed by atoms with E-state index in [1.165, 1.54) is 5.57 Å². The Labute approximate surface area is 139 Å². The quantitative estimate of drug-likeness (QED) is 0.789. The van der Waals surface area contributed by atoms with Crippen LogP contribution in [0.3, 0.4) is 0 Å². The van der Waals surface area contributed by atoms with E-state index in [1.54, 1.807) is 4.90 Å². The number of nitrogens with zero attached hydrogens (tertiary/aromatic N) is 1. The van der Waals surface area contributed by atoms with E-state index in [-0.39, 0.29) is 24.1 Å². The third-order valence-corrected chi connectivity index (χ3v) is 4.96. The Hall–Kier alpha value is -2.47. The summed E-state index contributed by atoms with van der Waals surface area (Å²) in [6.45, 7) is 2.26. The van der Waals surface area contributed by atoms with E-state index in [1.807, 2.05) is 12.1 Å². The van der Waals surface area contributed by atoms with Crippen LogP contribution >= 0.6 is 0 Å². The lowest BCUT2D eigenvalue weighted by Crippen LogP contribution is -2.52. The monoisotopic (exact) mass is 325 g/mol. The van der Waals surface area contributed by atoms with Crippen LogP contribution in [-0.2, 0) is 16.1 Å². The van der Waals surface area contributed by atoms with Crippen LogP contribution in [0, 0.1) is 0 Å². The molecule has 1 unspecified atom stereocenters. The number of nitrogens with one attached hydrogen (secondary N) is 2. The molecule has 1 aromatic carbocycles. The molecule has 6 heteroatoms. The Kier molecular flexibility index (Phi) is 3.69. The molecular weight excluding hydrogens is 306 g/mol. The van der Waals surface area contributed by atoms with Gasteiger partial charge in [-0.25, -0.2) is 0 Å². The molecule has 0 saturated carbocycles. The highest BCUT2D eigenvalue weighted by Crippen LogP contribution is 2.30. The number of rotatable bonds is 2. The minimum atomic E-state index is -0.552. The van der Waals surface area contributed by atoms with E-state index in [0.29, 0.717) is 18.5 Å². The van der Waals surface area contributed by atoms with Gasteiger partial charge in [0.15, 0.2) is 0 Å². The lowest BCUT2D eigenvalue weighted by Gasteiger charge is -2.29. The molecule has 6 nitrogen and oxygen atoms in total. The van der Waals surface area contributed by atoms with Gasteiger partial charge in [-0.2, -0.15) is 0 Å². The number of carbonyl (C=O) groups is 3. The average molecular weight is 325 g/mol. The molecule has 3 aliphatic rings. The number of carbonyl (C=O) groups excluding carboxylic acids is 3. The Morgan fingerprint density at radius 2 is 2.00 bits per heavy atom. The molecule has 1 saturated heterocycles. The van der Waals surface area contributed by atoms with Gasteiger partial charge in [-0.05, 0) is 48.2 Å². The average Bonchev–Trinajstić information content (AvgIpc) is 2.92. The fraction of sp³-hybridized carbons (Fsp3) is 0.389. The van der Waals surface area contributed by atoms with Crippen LogP contribution in [0.4, 0.5) is 0 Å². The van der Waals surface area contributed by atoms with Crippen LogP contribution in [0.2, 0.25) is 0 Å². The molecule has 4 rings (SSSR count). The van der Waals surface area contributed by atoms with Crippen molar-refractivity contribution in [2.75, 3.05) is 13.1 Å². The van der Waals surface area contributed by atoms with Gasteiger partial charge in [-0.15, -0.1) is 0 Å². The van der Waals surface area contributed by atoms with Crippen molar-refractivity contribution in [1.29, 1.82) is 0 Å². The molecule has 0 radical (unpaired) electrons. The van der Waals surface area contributed by atoms with Crippen molar-refractivity contribution >= 4 is 23.3 Å². The highest BCUT2D eigenvalue weighted by atomic mass is 16.2. The second-order valence-electron chi connectivity index (χ2n) is 6.46. The molecule has 24 heavy (non-hydrogen) atoms. The molecule has 0 bridgehead atoms. The molecule has 1 aromatic rings. The third kappa shape index (κ3) is 2.53. The predicted molar refractivity (Wildman–Crippen MR) is 88.0 cm³/mol. The Bertz CT molecular complexity index is 769. The third-order valence-electron chi connectivity index (χ3n) is 4.96. The van der Waals surface area contributed by atoms with E-state index in [4.69, 9.17) is 0 Å². The normalized spacial score (nSPS) is 23.8. The van der Waals surface area contributed by atoms with E-state index in [0.717, 1.165) is 30.6 Å². The summed E-state index contributed by atoms with van der Waals surface area (Å²) >= 11 is 0. The van der Waals surface area contributed by atoms with Gasteiger partial charge in [-0.3, -0.25) is 19.7 Å². The van der Waals surface area contributed by atoms with Crippen LogP contribution in [0.25, 0.3) is 5.57 Å². The van der Waals surface area contributed by atoms with Crippen LogP contribution in [0.5, 0.6) is 0 Å². The number of fused-ring (bicyclic) bond motifs is 1. The highest BCUT2D eigenvalue weighted by molar-refractivity contribution is 6.05. The molecule has 1 fully saturated rings.